The molecule has 8 heteroatoms. The zero-order valence-electron chi connectivity index (χ0n) is 18.6. The average Bonchev–Trinajstić information content (AvgIpc) is 3.30. The number of hydrogen-bond donors (Lipinski definition) is 3. The van der Waals surface area contributed by atoms with Crippen LogP contribution >= 0.6 is 0 Å². The van der Waals surface area contributed by atoms with Crippen molar-refractivity contribution in [3.63, 3.8) is 0 Å². The maximum absolute atomic E-state index is 12.5. The summed E-state index contributed by atoms with van der Waals surface area (Å²) in [5.74, 6) is 0. The molecule has 7 nitrogen and oxygen atoms in total. The number of urea groups is 1. The number of nitrogens with zero attached hydrogens (tertiary/aromatic N) is 1. The van der Waals surface area contributed by atoms with Crippen molar-refractivity contribution in [1.82, 2.24) is 15.5 Å². The van der Waals surface area contributed by atoms with Crippen LogP contribution in [0.25, 0.3) is 0 Å². The van der Waals surface area contributed by atoms with E-state index in [1.54, 1.807) is 12.1 Å². The highest BCUT2D eigenvalue weighted by molar-refractivity contribution is 7.85. The molecular formula is C24H33N3O4S. The molecular weight excluding hydrogens is 426 g/mol. The van der Waals surface area contributed by atoms with E-state index in [9.17, 15) is 13.2 Å². The van der Waals surface area contributed by atoms with Crippen LogP contribution in [-0.4, -0.2) is 55.6 Å². The van der Waals surface area contributed by atoms with E-state index < -0.39 is 10.1 Å². The SMILES string of the molecule is Cc1ccc(S(=O)(=O)O)cc1.O=C(NC1(Cc2ccccc2)CCNCC1)N1CCCC1. The Morgan fingerprint density at radius 3 is 2.19 bits per heavy atom. The van der Waals surface area contributed by atoms with Gasteiger partial charge in [-0.2, -0.15) is 8.42 Å². The molecule has 3 N–H and O–H groups in total. The second-order valence-corrected chi connectivity index (χ2v) is 10.0. The van der Waals surface area contributed by atoms with Crippen molar-refractivity contribution in [1.29, 1.82) is 0 Å². The van der Waals surface area contributed by atoms with Gasteiger partial charge in [-0.25, -0.2) is 4.79 Å². The van der Waals surface area contributed by atoms with Gasteiger partial charge in [0, 0.05) is 18.6 Å². The molecule has 0 unspecified atom stereocenters. The van der Waals surface area contributed by atoms with Crippen LogP contribution in [0.5, 0.6) is 0 Å². The molecule has 2 aromatic rings. The fourth-order valence-electron chi connectivity index (χ4n) is 4.17. The van der Waals surface area contributed by atoms with Crippen molar-refractivity contribution in [2.45, 2.75) is 49.5 Å². The highest BCUT2D eigenvalue weighted by Crippen LogP contribution is 2.24. The van der Waals surface area contributed by atoms with Crippen LogP contribution in [0.1, 0.15) is 36.8 Å². The number of hydrogen-bond acceptors (Lipinski definition) is 4. The van der Waals surface area contributed by atoms with Gasteiger partial charge in [0.2, 0.25) is 0 Å². The summed E-state index contributed by atoms with van der Waals surface area (Å²) in [6.45, 7) is 5.62. The lowest BCUT2D eigenvalue weighted by Gasteiger charge is -2.39. The van der Waals surface area contributed by atoms with Crippen LogP contribution in [-0.2, 0) is 16.5 Å². The predicted molar refractivity (Wildman–Crippen MR) is 125 cm³/mol. The summed E-state index contributed by atoms with van der Waals surface area (Å²) in [5, 5.41) is 6.77. The van der Waals surface area contributed by atoms with Gasteiger partial charge < -0.3 is 15.5 Å². The summed E-state index contributed by atoms with van der Waals surface area (Å²) in [5.41, 5.74) is 2.17. The van der Waals surface area contributed by atoms with Crippen LogP contribution in [0.4, 0.5) is 4.79 Å². The van der Waals surface area contributed by atoms with Gasteiger partial charge in [0.05, 0.1) is 4.90 Å². The number of rotatable bonds is 4. The van der Waals surface area contributed by atoms with Gasteiger partial charge in [0.15, 0.2) is 0 Å². The Balaban J connectivity index is 0.000000222. The fourth-order valence-corrected chi connectivity index (χ4v) is 4.65. The van der Waals surface area contributed by atoms with Crippen LogP contribution < -0.4 is 10.6 Å². The molecule has 0 radical (unpaired) electrons. The van der Waals surface area contributed by atoms with E-state index in [2.05, 4.69) is 34.9 Å². The van der Waals surface area contributed by atoms with Gasteiger partial charge in [-0.15, -0.1) is 0 Å². The molecule has 0 aliphatic carbocycles. The largest absolute Gasteiger partial charge is 0.332 e. The van der Waals surface area contributed by atoms with Crippen molar-refractivity contribution < 1.29 is 17.8 Å². The molecule has 2 aliphatic rings. The van der Waals surface area contributed by atoms with Crippen LogP contribution in [0.3, 0.4) is 0 Å². The monoisotopic (exact) mass is 459 g/mol. The molecule has 0 bridgehead atoms. The topological polar surface area (TPSA) is 98.7 Å². The third kappa shape index (κ3) is 7.05. The molecule has 2 heterocycles. The summed E-state index contributed by atoms with van der Waals surface area (Å²) < 4.78 is 29.6. The van der Waals surface area contributed by atoms with Crippen molar-refractivity contribution in [3.8, 4) is 0 Å². The fraction of sp³-hybridized carbons (Fsp3) is 0.458. The summed E-state index contributed by atoms with van der Waals surface area (Å²) in [6, 6.07) is 16.6. The average molecular weight is 460 g/mol. The lowest BCUT2D eigenvalue weighted by Crippen LogP contribution is -2.58. The van der Waals surface area contributed by atoms with Gasteiger partial charge in [-0.1, -0.05) is 48.0 Å². The summed E-state index contributed by atoms with van der Waals surface area (Å²) >= 11 is 0. The summed E-state index contributed by atoms with van der Waals surface area (Å²) in [7, 11) is -4.02. The minimum Gasteiger partial charge on any atom is -0.332 e. The zero-order chi connectivity index (χ0) is 23.0. The van der Waals surface area contributed by atoms with E-state index in [0.29, 0.717) is 0 Å². The molecule has 2 aromatic carbocycles. The molecule has 0 aromatic heterocycles. The smallest absolute Gasteiger partial charge is 0.317 e. The molecule has 2 aliphatic heterocycles. The first-order valence-corrected chi connectivity index (χ1v) is 12.6. The Bertz CT molecular complexity index is 966. The molecule has 0 spiro atoms. The van der Waals surface area contributed by atoms with Gasteiger partial charge >= 0.3 is 6.03 Å². The molecule has 2 amide bonds. The Hall–Kier alpha value is -2.42. The van der Waals surface area contributed by atoms with Gasteiger partial charge in [0.25, 0.3) is 10.1 Å². The lowest BCUT2D eigenvalue weighted by molar-refractivity contribution is 0.178. The Kier molecular flexibility index (Phi) is 8.28. The van der Waals surface area contributed by atoms with Gasteiger partial charge in [-0.05, 0) is 69.8 Å². The number of carbonyl (C=O) groups excluding carboxylic acids is 1. The Morgan fingerprint density at radius 2 is 1.62 bits per heavy atom. The molecule has 0 atom stereocenters. The molecule has 32 heavy (non-hydrogen) atoms. The second-order valence-electron chi connectivity index (χ2n) is 8.61. The number of carbonyl (C=O) groups is 1. The van der Waals surface area contributed by atoms with E-state index in [-0.39, 0.29) is 16.5 Å². The number of likely N-dealkylation sites (tertiary alicyclic amines) is 1. The molecule has 2 fully saturated rings. The summed E-state index contributed by atoms with van der Waals surface area (Å²) in [4.78, 5) is 14.4. The molecule has 174 valence electrons. The van der Waals surface area contributed by atoms with Gasteiger partial charge in [0.1, 0.15) is 0 Å². The van der Waals surface area contributed by atoms with Crippen molar-refractivity contribution in [2.75, 3.05) is 26.2 Å². The number of nitrogens with one attached hydrogen (secondary N) is 2. The second kappa shape index (κ2) is 10.9. The summed E-state index contributed by atoms with van der Waals surface area (Å²) in [6.07, 6.45) is 5.21. The van der Waals surface area contributed by atoms with E-state index in [1.807, 2.05) is 17.9 Å². The predicted octanol–water partition coefficient (Wildman–Crippen LogP) is 3.40. The van der Waals surface area contributed by atoms with Crippen LogP contribution in [0.15, 0.2) is 59.5 Å². The van der Waals surface area contributed by atoms with Gasteiger partial charge in [-0.3, -0.25) is 4.55 Å². The Morgan fingerprint density at radius 1 is 1.03 bits per heavy atom. The van der Waals surface area contributed by atoms with Crippen molar-refractivity contribution in [2.24, 2.45) is 0 Å². The Labute approximate surface area is 191 Å². The third-order valence-electron chi connectivity index (χ3n) is 6.03. The van der Waals surface area contributed by atoms with E-state index in [1.165, 1.54) is 17.7 Å². The van der Waals surface area contributed by atoms with Crippen molar-refractivity contribution in [3.05, 3.63) is 65.7 Å². The lowest BCUT2D eigenvalue weighted by atomic mass is 9.82. The number of benzene rings is 2. The number of amides is 2. The maximum Gasteiger partial charge on any atom is 0.317 e. The highest BCUT2D eigenvalue weighted by atomic mass is 32.2. The maximum atomic E-state index is 12.5. The van der Waals surface area contributed by atoms with Crippen molar-refractivity contribution >= 4 is 16.1 Å². The zero-order valence-corrected chi connectivity index (χ0v) is 19.4. The third-order valence-corrected chi connectivity index (χ3v) is 6.90. The molecule has 2 saturated heterocycles. The quantitative estimate of drug-likeness (QED) is 0.609. The minimum absolute atomic E-state index is 0.0666. The van der Waals surface area contributed by atoms with Crippen LogP contribution in [0, 0.1) is 6.92 Å². The minimum atomic E-state index is -4.02. The number of aryl methyl sites for hydroxylation is 1. The first-order chi connectivity index (χ1) is 15.3. The van der Waals surface area contributed by atoms with E-state index in [0.717, 1.165) is 63.8 Å². The van der Waals surface area contributed by atoms with E-state index in [4.69, 9.17) is 4.55 Å². The normalized spacial score (nSPS) is 17.9. The molecule has 4 rings (SSSR count). The first-order valence-electron chi connectivity index (χ1n) is 11.1. The number of piperidine rings is 1. The highest BCUT2D eigenvalue weighted by Gasteiger charge is 2.35. The van der Waals surface area contributed by atoms with Crippen LogP contribution in [0.2, 0.25) is 0 Å². The first kappa shape index (κ1) is 24.2. The van der Waals surface area contributed by atoms with E-state index >= 15 is 0 Å². The standard InChI is InChI=1S/C17H25N3O.C7H8O3S/c21-16(20-12-4-5-13-20)19-17(8-10-18-11-9-17)14-15-6-2-1-3-7-15;1-6-2-4-7(5-3-6)11(8,9)10/h1-3,6-7,18H,4-5,8-14H2,(H,19,21);2-5H,1H3,(H,8,9,10). The molecule has 0 saturated carbocycles.